The molecule has 1 aromatic rings. The van der Waals surface area contributed by atoms with Crippen molar-refractivity contribution >= 4 is 20.0 Å². The van der Waals surface area contributed by atoms with Gasteiger partial charge in [-0.15, -0.1) is 0 Å². The molecule has 0 bridgehead atoms. The van der Waals surface area contributed by atoms with Gasteiger partial charge in [0.2, 0.25) is 0 Å². The van der Waals surface area contributed by atoms with E-state index in [1.165, 1.54) is 44.9 Å². The summed E-state index contributed by atoms with van der Waals surface area (Å²) in [5.74, 6) is 0. The molecule has 0 aliphatic carbocycles. The van der Waals surface area contributed by atoms with E-state index in [1.807, 2.05) is 38.1 Å². The molecule has 132 valence electrons. The van der Waals surface area contributed by atoms with Crippen LogP contribution < -0.4 is 0 Å². The molecular formula is C19H32O2S2. The minimum absolute atomic E-state index is 0.0543. The lowest BCUT2D eigenvalue weighted by atomic mass is 10.1. The molecule has 0 heterocycles. The fraction of sp³-hybridized carbons (Fsp3) is 0.684. The number of benzene rings is 1. The molecule has 0 N–H and O–H groups in total. The minimum Gasteiger partial charge on any atom is -0.283 e. The lowest BCUT2D eigenvalue weighted by Gasteiger charge is -2.15. The Kier molecular flexibility index (Phi) is 10.00. The molecule has 1 unspecified atom stereocenters. The van der Waals surface area contributed by atoms with Gasteiger partial charge in [-0.25, -0.2) is 4.21 Å². The van der Waals surface area contributed by atoms with Crippen molar-refractivity contribution in [2.45, 2.75) is 89.6 Å². The molecule has 0 aliphatic rings. The predicted octanol–water partition coefficient (Wildman–Crippen LogP) is 5.95. The van der Waals surface area contributed by atoms with Crippen LogP contribution in [-0.4, -0.2) is 10.3 Å². The predicted molar refractivity (Wildman–Crippen MR) is 103 cm³/mol. The van der Waals surface area contributed by atoms with Crippen molar-refractivity contribution in [3.8, 4) is 0 Å². The van der Waals surface area contributed by atoms with Crippen molar-refractivity contribution in [3.63, 3.8) is 0 Å². The van der Waals surface area contributed by atoms with Crippen LogP contribution in [0.5, 0.6) is 0 Å². The third-order valence-electron chi connectivity index (χ3n) is 4.06. The first-order chi connectivity index (χ1) is 11.0. The molecule has 1 aromatic carbocycles. The Morgan fingerprint density at radius 3 is 2.09 bits per heavy atom. The summed E-state index contributed by atoms with van der Waals surface area (Å²) in [5, 5.41) is 0. The highest BCUT2D eigenvalue weighted by molar-refractivity contribution is 8.30. The zero-order valence-corrected chi connectivity index (χ0v) is 16.5. The van der Waals surface area contributed by atoms with Gasteiger partial charge in [0, 0.05) is 11.2 Å². The van der Waals surface area contributed by atoms with Crippen LogP contribution >= 0.6 is 0 Å². The maximum atomic E-state index is 12.5. The normalized spacial score (nSPS) is 15.3. The lowest BCUT2D eigenvalue weighted by molar-refractivity contribution is 0.229. The molecule has 0 saturated carbocycles. The molecule has 0 spiro atoms. The summed E-state index contributed by atoms with van der Waals surface area (Å²) in [5.41, 5.74) is 1.13. The van der Waals surface area contributed by atoms with Crippen LogP contribution in [0.2, 0.25) is 0 Å². The first-order valence-corrected chi connectivity index (χ1v) is 11.4. The summed E-state index contributed by atoms with van der Waals surface area (Å²) >= 11 is 5.20. The molecule has 0 aromatic heterocycles. The van der Waals surface area contributed by atoms with Crippen LogP contribution in [-0.2, 0) is 24.1 Å². The van der Waals surface area contributed by atoms with E-state index < -0.39 is 8.77 Å². The van der Waals surface area contributed by atoms with E-state index in [0.29, 0.717) is 4.90 Å². The Morgan fingerprint density at radius 2 is 1.52 bits per heavy atom. The van der Waals surface area contributed by atoms with Crippen molar-refractivity contribution in [3.05, 3.63) is 29.8 Å². The number of rotatable bonds is 12. The van der Waals surface area contributed by atoms with Crippen molar-refractivity contribution in [2.24, 2.45) is 0 Å². The van der Waals surface area contributed by atoms with Crippen LogP contribution in [0.3, 0.4) is 0 Å². The Hall–Kier alpha value is -0.450. The van der Waals surface area contributed by atoms with Gasteiger partial charge < -0.3 is 0 Å². The van der Waals surface area contributed by atoms with E-state index in [2.05, 4.69) is 6.92 Å². The van der Waals surface area contributed by atoms with E-state index in [0.717, 1.165) is 18.4 Å². The van der Waals surface area contributed by atoms with Crippen LogP contribution in [0.15, 0.2) is 29.2 Å². The maximum absolute atomic E-state index is 12.5. The quantitative estimate of drug-likeness (QED) is 0.433. The molecule has 0 saturated heterocycles. The second kappa shape index (κ2) is 11.2. The van der Waals surface area contributed by atoms with Gasteiger partial charge in [0.1, 0.15) is 0 Å². The van der Waals surface area contributed by atoms with Gasteiger partial charge in [-0.3, -0.25) is 4.18 Å². The zero-order valence-electron chi connectivity index (χ0n) is 14.9. The monoisotopic (exact) mass is 356 g/mol. The summed E-state index contributed by atoms with van der Waals surface area (Å²) in [4.78, 5) is 0.612. The molecule has 2 nitrogen and oxygen atoms in total. The standard InChI is InChI=1S/C19H32O2S2/c1-4-5-6-7-8-9-10-11-12-18(3)21-23(20,22)19-15-13-17(2)14-16-19/h13-16,18H,4-12H2,1-3H3/t18-,23?/m0/s1. The highest BCUT2D eigenvalue weighted by Crippen LogP contribution is 2.18. The molecule has 0 fully saturated rings. The third kappa shape index (κ3) is 8.83. The van der Waals surface area contributed by atoms with Gasteiger partial charge in [0.05, 0.1) is 11.0 Å². The number of unbranched alkanes of at least 4 members (excludes halogenated alkanes) is 7. The van der Waals surface area contributed by atoms with E-state index in [-0.39, 0.29) is 6.10 Å². The minimum atomic E-state index is -2.80. The average Bonchev–Trinajstić information content (AvgIpc) is 2.50. The summed E-state index contributed by atoms with van der Waals surface area (Å²) in [6, 6.07) is 7.48. The highest BCUT2D eigenvalue weighted by atomic mass is 32.8. The van der Waals surface area contributed by atoms with Crippen LogP contribution in [0, 0.1) is 6.92 Å². The molecule has 0 aliphatic heterocycles. The fourth-order valence-corrected chi connectivity index (χ4v) is 4.44. The van der Waals surface area contributed by atoms with Gasteiger partial charge in [-0.05, 0) is 32.4 Å². The number of hydrogen-bond donors (Lipinski definition) is 0. The van der Waals surface area contributed by atoms with Crippen LogP contribution in [0.25, 0.3) is 0 Å². The Labute approximate surface area is 147 Å². The van der Waals surface area contributed by atoms with Crippen molar-refractivity contribution in [1.29, 1.82) is 0 Å². The first kappa shape index (κ1) is 20.6. The Bertz CT molecular complexity index is 521. The molecule has 0 amide bonds. The summed E-state index contributed by atoms with van der Waals surface area (Å²) in [7, 11) is -2.80. The number of hydrogen-bond acceptors (Lipinski definition) is 3. The maximum Gasteiger partial charge on any atom is 0.173 e. The molecule has 1 rings (SSSR count). The SMILES string of the molecule is CCCCCCCCCC[C@H](C)OS(=O)(=S)c1ccc(C)cc1. The molecule has 23 heavy (non-hydrogen) atoms. The van der Waals surface area contributed by atoms with E-state index in [1.54, 1.807) is 0 Å². The second-order valence-electron chi connectivity index (χ2n) is 6.44. The largest absolute Gasteiger partial charge is 0.283 e. The first-order valence-electron chi connectivity index (χ1n) is 8.95. The molecule has 4 heteroatoms. The third-order valence-corrected chi connectivity index (χ3v) is 6.31. The summed E-state index contributed by atoms with van der Waals surface area (Å²) in [6.07, 6.45) is 11.2. The van der Waals surface area contributed by atoms with Gasteiger partial charge in [0.15, 0.2) is 8.77 Å². The smallest absolute Gasteiger partial charge is 0.173 e. The van der Waals surface area contributed by atoms with Crippen LogP contribution in [0.1, 0.15) is 77.2 Å². The van der Waals surface area contributed by atoms with Gasteiger partial charge in [-0.1, -0.05) is 76.0 Å². The summed E-state index contributed by atoms with van der Waals surface area (Å²) in [6.45, 7) is 6.22. The Balaban J connectivity index is 2.22. The van der Waals surface area contributed by atoms with Crippen LogP contribution in [0.4, 0.5) is 0 Å². The molecule has 2 atom stereocenters. The number of aryl methyl sites for hydroxylation is 1. The molecular weight excluding hydrogens is 324 g/mol. The van der Waals surface area contributed by atoms with E-state index >= 15 is 0 Å². The van der Waals surface area contributed by atoms with Gasteiger partial charge >= 0.3 is 0 Å². The van der Waals surface area contributed by atoms with Gasteiger partial charge in [-0.2, -0.15) is 0 Å². The lowest BCUT2D eigenvalue weighted by Crippen LogP contribution is -2.14. The highest BCUT2D eigenvalue weighted by Gasteiger charge is 2.15. The topological polar surface area (TPSA) is 26.3 Å². The van der Waals surface area contributed by atoms with E-state index in [9.17, 15) is 4.21 Å². The zero-order chi connectivity index (χ0) is 17.1. The van der Waals surface area contributed by atoms with Crippen molar-refractivity contribution < 1.29 is 8.39 Å². The fourth-order valence-electron chi connectivity index (χ4n) is 2.59. The molecule has 0 radical (unpaired) electrons. The van der Waals surface area contributed by atoms with Crippen molar-refractivity contribution in [1.82, 2.24) is 0 Å². The summed E-state index contributed by atoms with van der Waals surface area (Å²) < 4.78 is 18.2. The average molecular weight is 357 g/mol. The Morgan fingerprint density at radius 1 is 1.00 bits per heavy atom. The van der Waals surface area contributed by atoms with E-state index in [4.69, 9.17) is 15.4 Å². The second-order valence-corrected chi connectivity index (χ2v) is 9.33. The van der Waals surface area contributed by atoms with Gasteiger partial charge in [0.25, 0.3) is 0 Å². The van der Waals surface area contributed by atoms with Crippen molar-refractivity contribution in [2.75, 3.05) is 0 Å².